The van der Waals surface area contributed by atoms with E-state index < -0.39 is 7.82 Å². The summed E-state index contributed by atoms with van der Waals surface area (Å²) < 4.78 is 22.0. The van der Waals surface area contributed by atoms with Gasteiger partial charge in [0.25, 0.3) is 0 Å². The molecule has 22 heavy (non-hydrogen) atoms. The second-order valence-electron chi connectivity index (χ2n) is 5.63. The maximum atomic E-state index is 11.9. The standard InChI is InChI=1S/C17H29O4P/c1-3-4-5-6-7-8-9-12-15-20-22(18,19)21-17-14-11-10-13-16(17)2/h10-11,13-14H,3-9,12,15H2,1-2H3,(H,18,19). The SMILES string of the molecule is CCCCCCCCCCOP(=O)(O)Oc1ccccc1C. The first-order chi connectivity index (χ1) is 10.5. The monoisotopic (exact) mass is 328 g/mol. The summed E-state index contributed by atoms with van der Waals surface area (Å²) in [6, 6.07) is 7.11. The lowest BCUT2D eigenvalue weighted by molar-refractivity contribution is 0.199. The molecule has 0 radical (unpaired) electrons. The molecule has 1 unspecified atom stereocenters. The molecule has 0 aliphatic rings. The fourth-order valence-electron chi connectivity index (χ4n) is 2.23. The molecule has 1 rings (SSSR count). The lowest BCUT2D eigenvalue weighted by Gasteiger charge is -2.14. The number of hydrogen-bond acceptors (Lipinski definition) is 3. The van der Waals surface area contributed by atoms with Crippen molar-refractivity contribution < 1.29 is 18.5 Å². The average molecular weight is 328 g/mol. The minimum Gasteiger partial charge on any atom is -0.404 e. The first kappa shape index (κ1) is 19.2. The van der Waals surface area contributed by atoms with Gasteiger partial charge >= 0.3 is 7.82 Å². The predicted molar refractivity (Wildman–Crippen MR) is 90.2 cm³/mol. The van der Waals surface area contributed by atoms with Gasteiger partial charge in [-0.3, -0.25) is 9.42 Å². The topological polar surface area (TPSA) is 55.8 Å². The van der Waals surface area contributed by atoms with Crippen LogP contribution in [-0.4, -0.2) is 11.5 Å². The molecule has 0 aliphatic carbocycles. The number of hydrogen-bond donors (Lipinski definition) is 1. The van der Waals surface area contributed by atoms with Gasteiger partial charge in [0, 0.05) is 0 Å². The Bertz CT molecular complexity index is 462. The van der Waals surface area contributed by atoms with Gasteiger partial charge in [-0.05, 0) is 25.0 Å². The third kappa shape index (κ3) is 8.57. The highest BCUT2D eigenvalue weighted by atomic mass is 31.2. The van der Waals surface area contributed by atoms with Crippen molar-refractivity contribution in [3.05, 3.63) is 29.8 Å². The average Bonchev–Trinajstić information content (AvgIpc) is 2.48. The van der Waals surface area contributed by atoms with Crippen molar-refractivity contribution in [1.29, 1.82) is 0 Å². The van der Waals surface area contributed by atoms with Crippen LogP contribution in [0.1, 0.15) is 63.9 Å². The lowest BCUT2D eigenvalue weighted by Crippen LogP contribution is -2.00. The molecule has 1 aromatic carbocycles. The molecule has 0 saturated carbocycles. The Kier molecular flexibility index (Phi) is 9.45. The first-order valence-corrected chi connectivity index (χ1v) is 9.77. The van der Waals surface area contributed by atoms with Crippen molar-refractivity contribution in [3.8, 4) is 5.75 Å². The Morgan fingerprint density at radius 2 is 1.59 bits per heavy atom. The summed E-state index contributed by atoms with van der Waals surface area (Å²) in [4.78, 5) is 9.70. The van der Waals surface area contributed by atoms with Crippen LogP contribution >= 0.6 is 7.82 Å². The normalized spacial score (nSPS) is 13.8. The van der Waals surface area contributed by atoms with Crippen molar-refractivity contribution in [2.24, 2.45) is 0 Å². The van der Waals surface area contributed by atoms with E-state index in [-0.39, 0.29) is 6.61 Å². The third-order valence-corrected chi connectivity index (χ3v) is 4.50. The molecule has 0 heterocycles. The van der Waals surface area contributed by atoms with E-state index in [1.165, 1.54) is 32.1 Å². The summed E-state index contributed by atoms with van der Waals surface area (Å²) in [5.74, 6) is 0.393. The second kappa shape index (κ2) is 10.8. The molecule has 0 aliphatic heterocycles. The van der Waals surface area contributed by atoms with Gasteiger partial charge in [-0.1, -0.05) is 70.1 Å². The highest BCUT2D eigenvalue weighted by Gasteiger charge is 2.23. The summed E-state index contributed by atoms with van der Waals surface area (Å²) in [7, 11) is -4.01. The molecule has 5 heteroatoms. The summed E-state index contributed by atoms with van der Waals surface area (Å²) >= 11 is 0. The van der Waals surface area contributed by atoms with E-state index in [0.29, 0.717) is 5.75 Å². The number of phosphoric ester groups is 1. The Morgan fingerprint density at radius 1 is 1.00 bits per heavy atom. The van der Waals surface area contributed by atoms with Gasteiger partial charge < -0.3 is 4.52 Å². The molecule has 1 aromatic rings. The second-order valence-corrected chi connectivity index (χ2v) is 7.01. The summed E-state index contributed by atoms with van der Waals surface area (Å²) in [5.41, 5.74) is 0.812. The van der Waals surface area contributed by atoms with Crippen LogP contribution in [-0.2, 0) is 9.09 Å². The van der Waals surface area contributed by atoms with Crippen LogP contribution in [0.3, 0.4) is 0 Å². The van der Waals surface area contributed by atoms with Crippen LogP contribution in [0.2, 0.25) is 0 Å². The van der Waals surface area contributed by atoms with Crippen LogP contribution in [0.25, 0.3) is 0 Å². The Labute approximate surface area is 134 Å². The third-order valence-electron chi connectivity index (χ3n) is 3.56. The molecule has 0 amide bonds. The number of aryl methyl sites for hydroxylation is 1. The van der Waals surface area contributed by atoms with Gasteiger partial charge in [-0.2, -0.15) is 0 Å². The van der Waals surface area contributed by atoms with Gasteiger partial charge in [0.1, 0.15) is 5.75 Å². The fraction of sp³-hybridized carbons (Fsp3) is 0.647. The van der Waals surface area contributed by atoms with Crippen molar-refractivity contribution in [1.82, 2.24) is 0 Å². The fourth-order valence-corrected chi connectivity index (χ4v) is 3.09. The zero-order valence-corrected chi connectivity index (χ0v) is 14.7. The van der Waals surface area contributed by atoms with Gasteiger partial charge in [-0.25, -0.2) is 4.57 Å². The number of unbranched alkanes of at least 4 members (excludes halogenated alkanes) is 7. The van der Waals surface area contributed by atoms with Crippen LogP contribution < -0.4 is 4.52 Å². The zero-order valence-electron chi connectivity index (χ0n) is 13.8. The van der Waals surface area contributed by atoms with Gasteiger partial charge in [0.2, 0.25) is 0 Å². The minimum atomic E-state index is -4.01. The quantitative estimate of drug-likeness (QED) is 0.399. The van der Waals surface area contributed by atoms with Crippen molar-refractivity contribution in [3.63, 3.8) is 0 Å². The van der Waals surface area contributed by atoms with E-state index in [2.05, 4.69) is 6.92 Å². The Hall–Kier alpha value is -0.830. The van der Waals surface area contributed by atoms with Crippen LogP contribution in [0.15, 0.2) is 24.3 Å². The van der Waals surface area contributed by atoms with E-state index in [1.54, 1.807) is 12.1 Å². The van der Waals surface area contributed by atoms with E-state index in [1.807, 2.05) is 19.1 Å². The smallest absolute Gasteiger partial charge is 0.404 e. The molecule has 4 nitrogen and oxygen atoms in total. The number of phosphoric acid groups is 1. The molecule has 1 atom stereocenters. The Morgan fingerprint density at radius 3 is 2.23 bits per heavy atom. The molecule has 0 aromatic heterocycles. The van der Waals surface area contributed by atoms with Crippen LogP contribution in [0.4, 0.5) is 0 Å². The highest BCUT2D eigenvalue weighted by Crippen LogP contribution is 2.44. The maximum Gasteiger partial charge on any atom is 0.527 e. The van der Waals surface area contributed by atoms with Crippen LogP contribution in [0.5, 0.6) is 5.75 Å². The highest BCUT2D eigenvalue weighted by molar-refractivity contribution is 7.47. The summed E-state index contributed by atoms with van der Waals surface area (Å²) in [6.07, 6.45) is 9.37. The van der Waals surface area contributed by atoms with E-state index in [4.69, 9.17) is 9.05 Å². The van der Waals surface area contributed by atoms with Gasteiger partial charge in [-0.15, -0.1) is 0 Å². The molecule has 126 valence electrons. The maximum absolute atomic E-state index is 11.9. The number of rotatable bonds is 12. The van der Waals surface area contributed by atoms with Gasteiger partial charge in [0.15, 0.2) is 0 Å². The van der Waals surface area contributed by atoms with Crippen molar-refractivity contribution in [2.45, 2.75) is 65.2 Å². The molecule has 0 spiro atoms. The minimum absolute atomic E-state index is 0.259. The lowest BCUT2D eigenvalue weighted by atomic mass is 10.1. The van der Waals surface area contributed by atoms with E-state index in [0.717, 1.165) is 24.8 Å². The molecule has 0 saturated heterocycles. The largest absolute Gasteiger partial charge is 0.527 e. The Balaban J connectivity index is 2.13. The summed E-state index contributed by atoms with van der Waals surface area (Å²) in [6.45, 7) is 4.30. The molecular weight excluding hydrogens is 299 g/mol. The first-order valence-electron chi connectivity index (χ1n) is 8.27. The summed E-state index contributed by atoms with van der Waals surface area (Å²) in [5, 5.41) is 0. The zero-order chi connectivity index (χ0) is 16.3. The van der Waals surface area contributed by atoms with Crippen molar-refractivity contribution >= 4 is 7.82 Å². The predicted octanol–water partition coefficient (Wildman–Crippen LogP) is 5.63. The van der Waals surface area contributed by atoms with Crippen LogP contribution in [0, 0.1) is 6.92 Å². The van der Waals surface area contributed by atoms with Gasteiger partial charge in [0.05, 0.1) is 6.61 Å². The molecule has 1 N–H and O–H groups in total. The molecule has 0 fully saturated rings. The number of benzene rings is 1. The molecular formula is C17H29O4P. The van der Waals surface area contributed by atoms with E-state index >= 15 is 0 Å². The number of para-hydroxylation sites is 1. The van der Waals surface area contributed by atoms with E-state index in [9.17, 15) is 9.46 Å². The molecule has 0 bridgehead atoms. The van der Waals surface area contributed by atoms with Crippen molar-refractivity contribution in [2.75, 3.05) is 6.61 Å².